The van der Waals surface area contributed by atoms with E-state index >= 15 is 0 Å². The van der Waals surface area contributed by atoms with Gasteiger partial charge in [-0.3, -0.25) is 9.59 Å². The Labute approximate surface area is 181 Å². The molecule has 0 unspecified atom stereocenters. The standard InChI is InChI=1S/C26H15NO5/c28-20-10-4-3-9-19(20)27-25(29)17-13-23-24(14-18(17)26(27)30)32-22-12-6-2-8-16(22)15-7-1-5-11-21(15)31-23/h1-14,28H. The largest absolute Gasteiger partial charge is 0.506 e. The zero-order chi connectivity index (χ0) is 21.8. The first kappa shape index (κ1) is 18.2. The van der Waals surface area contributed by atoms with Crippen molar-refractivity contribution >= 4 is 50.6 Å². The Bertz CT molecular complexity index is 1540. The maximum absolute atomic E-state index is 13.1. The fraction of sp³-hybridized carbons (Fsp3) is 0. The Morgan fingerprint density at radius 2 is 1.06 bits per heavy atom. The summed E-state index contributed by atoms with van der Waals surface area (Å²) in [5.41, 5.74) is 2.37. The summed E-state index contributed by atoms with van der Waals surface area (Å²) in [6.07, 6.45) is 0. The molecule has 0 saturated carbocycles. The third kappa shape index (κ3) is 2.60. The molecule has 6 heteroatoms. The molecular weight excluding hydrogens is 406 g/mol. The van der Waals surface area contributed by atoms with E-state index < -0.39 is 11.8 Å². The highest BCUT2D eigenvalue weighted by molar-refractivity contribution is 6.35. The molecular formula is C26H15NO5. The molecule has 1 aliphatic rings. The van der Waals surface area contributed by atoms with E-state index in [9.17, 15) is 14.7 Å². The van der Waals surface area contributed by atoms with Gasteiger partial charge in [0.2, 0.25) is 0 Å². The third-order valence-electron chi connectivity index (χ3n) is 5.58. The molecule has 1 N–H and O–H groups in total. The van der Waals surface area contributed by atoms with Gasteiger partial charge >= 0.3 is 0 Å². The molecule has 0 spiro atoms. The monoisotopic (exact) mass is 421 g/mol. The molecule has 2 heterocycles. The number of nitrogens with zero attached hydrogens (tertiary/aromatic N) is 1. The van der Waals surface area contributed by atoms with Crippen LogP contribution in [-0.2, 0) is 0 Å². The van der Waals surface area contributed by atoms with Gasteiger partial charge in [0.05, 0.1) is 16.8 Å². The minimum Gasteiger partial charge on any atom is -0.506 e. The molecule has 32 heavy (non-hydrogen) atoms. The third-order valence-corrected chi connectivity index (χ3v) is 5.58. The van der Waals surface area contributed by atoms with Gasteiger partial charge in [0.1, 0.15) is 16.9 Å². The Kier molecular flexibility index (Phi) is 3.82. The first-order valence-corrected chi connectivity index (χ1v) is 10.0. The normalized spacial score (nSPS) is 13.2. The lowest BCUT2D eigenvalue weighted by Gasteiger charge is -2.14. The van der Waals surface area contributed by atoms with Crippen molar-refractivity contribution < 1.29 is 23.5 Å². The van der Waals surface area contributed by atoms with E-state index in [1.807, 2.05) is 48.5 Å². The first-order chi connectivity index (χ1) is 15.6. The lowest BCUT2D eigenvalue weighted by atomic mass is 10.1. The fourth-order valence-electron chi connectivity index (χ4n) is 4.07. The SMILES string of the molecule is O=C1c2cc3oc4ccccc4c4ccccc4oc3cc2C(=O)N1c1ccccc1O. The highest BCUT2D eigenvalue weighted by atomic mass is 16.4. The number of imide groups is 1. The molecule has 6 nitrogen and oxygen atoms in total. The van der Waals surface area contributed by atoms with E-state index in [1.54, 1.807) is 12.1 Å². The van der Waals surface area contributed by atoms with Crippen molar-refractivity contribution in [3.63, 3.8) is 0 Å². The van der Waals surface area contributed by atoms with Crippen LogP contribution < -0.4 is 4.90 Å². The highest BCUT2D eigenvalue weighted by Gasteiger charge is 2.38. The molecule has 1 aliphatic heterocycles. The molecule has 154 valence electrons. The van der Waals surface area contributed by atoms with Crippen LogP contribution in [0.2, 0.25) is 0 Å². The number of hydrogen-bond donors (Lipinski definition) is 1. The molecule has 0 fully saturated rings. The Morgan fingerprint density at radius 3 is 1.59 bits per heavy atom. The van der Waals surface area contributed by atoms with Crippen LogP contribution in [0.4, 0.5) is 5.69 Å². The Balaban J connectivity index is 1.67. The smallest absolute Gasteiger partial charge is 0.266 e. The summed E-state index contributed by atoms with van der Waals surface area (Å²) in [5.74, 6) is -1.22. The Hall–Kier alpha value is -4.58. The van der Waals surface area contributed by atoms with Crippen molar-refractivity contribution in [2.24, 2.45) is 0 Å². The second kappa shape index (κ2) is 6.72. The van der Waals surface area contributed by atoms with Crippen LogP contribution >= 0.6 is 0 Å². The number of fused-ring (bicyclic) bond motifs is 5. The van der Waals surface area contributed by atoms with Crippen LogP contribution in [-0.4, -0.2) is 16.9 Å². The molecule has 1 aromatic heterocycles. The minimum absolute atomic E-state index is 0.128. The van der Waals surface area contributed by atoms with Crippen molar-refractivity contribution in [3.05, 3.63) is 96.1 Å². The summed E-state index contributed by atoms with van der Waals surface area (Å²) in [7, 11) is 0. The first-order valence-electron chi connectivity index (χ1n) is 10.0. The Morgan fingerprint density at radius 1 is 0.594 bits per heavy atom. The van der Waals surface area contributed by atoms with Gasteiger partial charge in [0.15, 0.2) is 11.2 Å². The number of hydrogen-bond acceptors (Lipinski definition) is 5. The summed E-state index contributed by atoms with van der Waals surface area (Å²) in [6, 6.07) is 24.4. The lowest BCUT2D eigenvalue weighted by molar-refractivity contribution is 0.0925. The summed E-state index contributed by atoms with van der Waals surface area (Å²) >= 11 is 0. The average Bonchev–Trinajstić information content (AvgIpc) is 3.03. The van der Waals surface area contributed by atoms with Gasteiger partial charge in [-0.2, -0.15) is 0 Å². The van der Waals surface area contributed by atoms with Gasteiger partial charge in [0.25, 0.3) is 11.8 Å². The van der Waals surface area contributed by atoms with E-state index in [2.05, 4.69) is 0 Å². The van der Waals surface area contributed by atoms with E-state index in [0.717, 1.165) is 15.7 Å². The topological polar surface area (TPSA) is 83.9 Å². The van der Waals surface area contributed by atoms with Crippen LogP contribution in [0.5, 0.6) is 5.75 Å². The van der Waals surface area contributed by atoms with Crippen LogP contribution in [0.3, 0.4) is 0 Å². The number of anilines is 1. The van der Waals surface area contributed by atoms with Crippen molar-refractivity contribution in [1.82, 2.24) is 0 Å². The van der Waals surface area contributed by atoms with Crippen LogP contribution in [0.15, 0.2) is 93.8 Å². The number of aromatic hydroxyl groups is 1. The van der Waals surface area contributed by atoms with E-state index in [4.69, 9.17) is 8.83 Å². The van der Waals surface area contributed by atoms with Gasteiger partial charge in [-0.1, -0.05) is 48.5 Å². The number of rotatable bonds is 1. The number of phenolic OH excluding ortho intramolecular Hbond substituents is 1. The minimum atomic E-state index is -0.534. The second-order valence-corrected chi connectivity index (χ2v) is 7.48. The molecule has 5 aromatic rings. The number of para-hydroxylation sites is 4. The quantitative estimate of drug-likeness (QED) is 0.338. The number of amides is 2. The summed E-state index contributed by atoms with van der Waals surface area (Å²) < 4.78 is 12.3. The second-order valence-electron chi connectivity index (χ2n) is 7.48. The number of carbonyl (C=O) groups excluding carboxylic acids is 2. The van der Waals surface area contributed by atoms with Crippen molar-refractivity contribution in [3.8, 4) is 5.75 Å². The number of benzene rings is 4. The highest BCUT2D eigenvalue weighted by Crippen LogP contribution is 2.36. The van der Waals surface area contributed by atoms with Crippen LogP contribution in [0.25, 0.3) is 33.1 Å². The zero-order valence-electron chi connectivity index (χ0n) is 16.6. The molecule has 0 radical (unpaired) electrons. The maximum atomic E-state index is 13.1. The summed E-state index contributed by atoms with van der Waals surface area (Å²) in [5, 5.41) is 11.9. The molecule has 0 bridgehead atoms. The van der Waals surface area contributed by atoms with E-state index in [0.29, 0.717) is 22.3 Å². The number of phenols is 1. The van der Waals surface area contributed by atoms with Crippen molar-refractivity contribution in [2.75, 3.05) is 4.90 Å². The molecule has 2 amide bonds. The number of carbonyl (C=O) groups is 2. The maximum Gasteiger partial charge on any atom is 0.266 e. The predicted molar refractivity (Wildman–Crippen MR) is 120 cm³/mol. The molecule has 0 atom stereocenters. The molecule has 0 saturated heterocycles. The summed E-state index contributed by atoms with van der Waals surface area (Å²) in [4.78, 5) is 27.2. The van der Waals surface area contributed by atoms with Gasteiger partial charge < -0.3 is 13.9 Å². The van der Waals surface area contributed by atoms with Crippen molar-refractivity contribution in [1.29, 1.82) is 0 Å². The van der Waals surface area contributed by atoms with Crippen LogP contribution in [0.1, 0.15) is 20.7 Å². The lowest BCUT2D eigenvalue weighted by Crippen LogP contribution is -2.29. The molecule has 6 rings (SSSR count). The van der Waals surface area contributed by atoms with Crippen molar-refractivity contribution in [2.45, 2.75) is 0 Å². The summed E-state index contributed by atoms with van der Waals surface area (Å²) in [6.45, 7) is 0. The molecule has 0 aliphatic carbocycles. The fourth-order valence-corrected chi connectivity index (χ4v) is 4.07. The predicted octanol–water partition coefficient (Wildman–Crippen LogP) is 5.96. The van der Waals surface area contributed by atoms with E-state index in [1.165, 1.54) is 24.3 Å². The van der Waals surface area contributed by atoms with Gasteiger partial charge in [-0.15, -0.1) is 0 Å². The zero-order valence-corrected chi connectivity index (χ0v) is 16.6. The van der Waals surface area contributed by atoms with E-state index in [-0.39, 0.29) is 22.6 Å². The van der Waals surface area contributed by atoms with Gasteiger partial charge in [-0.05, 0) is 36.4 Å². The van der Waals surface area contributed by atoms with Crippen LogP contribution in [0, 0.1) is 0 Å². The average molecular weight is 421 g/mol. The van der Waals surface area contributed by atoms with Gasteiger partial charge in [-0.25, -0.2) is 4.90 Å². The van der Waals surface area contributed by atoms with Gasteiger partial charge in [0, 0.05) is 10.8 Å². The molecule has 4 aromatic carbocycles.